The van der Waals surface area contributed by atoms with Gasteiger partial charge in [0, 0.05) is 17.4 Å². The normalized spacial score (nSPS) is 10.6. The molecule has 0 fully saturated rings. The Morgan fingerprint density at radius 2 is 1.85 bits per heavy atom. The van der Waals surface area contributed by atoms with Gasteiger partial charge in [-0.3, -0.25) is 9.59 Å². The monoisotopic (exact) mass is 367 g/mol. The van der Waals surface area contributed by atoms with Gasteiger partial charge in [0.1, 0.15) is 12.3 Å². The van der Waals surface area contributed by atoms with E-state index < -0.39 is 0 Å². The Hall–Kier alpha value is -3.42. The Balaban J connectivity index is 1.74. The van der Waals surface area contributed by atoms with E-state index in [1.165, 1.54) is 6.07 Å². The third-order valence-electron chi connectivity index (χ3n) is 3.82. The molecule has 0 aliphatic rings. The molecule has 0 saturated carbocycles. The van der Waals surface area contributed by atoms with E-state index in [1.807, 2.05) is 26.8 Å². The molecule has 0 unspecified atom stereocenters. The van der Waals surface area contributed by atoms with Gasteiger partial charge >= 0.3 is 0 Å². The van der Waals surface area contributed by atoms with Crippen LogP contribution in [0, 0.1) is 13.8 Å². The minimum absolute atomic E-state index is 0.195. The highest BCUT2D eigenvalue weighted by molar-refractivity contribution is 5.90. The predicted molar refractivity (Wildman–Crippen MR) is 101 cm³/mol. The second-order valence-corrected chi connectivity index (χ2v) is 6.03. The minimum atomic E-state index is -0.359. The molecular weight excluding hydrogens is 346 g/mol. The molecule has 0 radical (unpaired) electrons. The first-order valence-corrected chi connectivity index (χ1v) is 8.61. The molecule has 1 aromatic carbocycles. The molecule has 27 heavy (non-hydrogen) atoms. The van der Waals surface area contributed by atoms with Crippen molar-refractivity contribution in [3.05, 3.63) is 64.2 Å². The van der Waals surface area contributed by atoms with Crippen molar-refractivity contribution in [2.24, 2.45) is 0 Å². The average molecular weight is 367 g/mol. The molecule has 2 heterocycles. The summed E-state index contributed by atoms with van der Waals surface area (Å²) in [5.41, 5.74) is 2.00. The molecule has 0 saturated heterocycles. The Morgan fingerprint density at radius 3 is 2.48 bits per heavy atom. The van der Waals surface area contributed by atoms with Gasteiger partial charge in [0.25, 0.3) is 5.56 Å². The van der Waals surface area contributed by atoms with Crippen molar-refractivity contribution < 1.29 is 9.53 Å². The van der Waals surface area contributed by atoms with Crippen LogP contribution in [-0.2, 0) is 11.3 Å². The molecule has 8 heteroatoms. The number of anilines is 1. The van der Waals surface area contributed by atoms with Crippen LogP contribution in [0.25, 0.3) is 5.82 Å². The first-order chi connectivity index (χ1) is 13.0. The molecule has 8 nitrogen and oxygen atoms in total. The number of hydrogen-bond donors (Lipinski definition) is 1. The lowest BCUT2D eigenvalue weighted by Crippen LogP contribution is -2.30. The second kappa shape index (κ2) is 7.86. The summed E-state index contributed by atoms with van der Waals surface area (Å²) in [6.45, 7) is 6.06. The number of nitrogens with one attached hydrogen (secondary N) is 1. The van der Waals surface area contributed by atoms with Gasteiger partial charge in [-0.25, -0.2) is 9.36 Å². The third kappa shape index (κ3) is 4.41. The van der Waals surface area contributed by atoms with Crippen LogP contribution in [0.3, 0.4) is 0 Å². The molecule has 140 valence electrons. The Bertz CT molecular complexity index is 1000. The SMILES string of the molecule is CCOc1ccc(NC(=O)Cn2nc(-n3nc(C)cc3C)ccc2=O)cc1. The Morgan fingerprint density at radius 1 is 1.11 bits per heavy atom. The Kier molecular flexibility index (Phi) is 5.35. The fourth-order valence-electron chi connectivity index (χ4n) is 2.66. The van der Waals surface area contributed by atoms with Crippen LogP contribution >= 0.6 is 0 Å². The first kappa shape index (κ1) is 18.4. The summed E-state index contributed by atoms with van der Waals surface area (Å²) in [5, 5.41) is 11.4. The molecule has 2 aromatic heterocycles. The number of aryl methyl sites for hydroxylation is 2. The lowest BCUT2D eigenvalue weighted by atomic mass is 10.3. The minimum Gasteiger partial charge on any atom is -0.494 e. The molecule has 0 bridgehead atoms. The van der Waals surface area contributed by atoms with Gasteiger partial charge in [0.2, 0.25) is 5.91 Å². The number of nitrogens with zero attached hydrogens (tertiary/aromatic N) is 4. The molecule has 3 rings (SSSR count). The maximum atomic E-state index is 12.3. The number of amides is 1. The molecule has 0 aliphatic carbocycles. The highest BCUT2D eigenvalue weighted by Gasteiger charge is 2.10. The van der Waals surface area contributed by atoms with E-state index in [-0.39, 0.29) is 18.0 Å². The summed E-state index contributed by atoms with van der Waals surface area (Å²) in [6.07, 6.45) is 0. The van der Waals surface area contributed by atoms with Crippen LogP contribution in [-0.4, -0.2) is 32.1 Å². The van der Waals surface area contributed by atoms with E-state index in [1.54, 1.807) is 35.0 Å². The standard InChI is InChI=1S/C19H21N5O3/c1-4-27-16-7-5-15(6-8-16)20-18(25)12-23-19(26)10-9-17(22-23)24-14(3)11-13(2)21-24/h5-11H,4,12H2,1-3H3,(H,20,25). The van der Waals surface area contributed by atoms with Gasteiger partial charge in [-0.15, -0.1) is 5.10 Å². The Labute approximate surface area is 156 Å². The van der Waals surface area contributed by atoms with Crippen molar-refractivity contribution in [3.8, 4) is 11.6 Å². The van der Waals surface area contributed by atoms with E-state index in [2.05, 4.69) is 15.5 Å². The largest absolute Gasteiger partial charge is 0.494 e. The van der Waals surface area contributed by atoms with Crippen LogP contribution in [0.2, 0.25) is 0 Å². The summed E-state index contributed by atoms with van der Waals surface area (Å²) in [5.74, 6) is 0.860. The molecule has 0 atom stereocenters. The van der Waals surface area contributed by atoms with E-state index in [0.29, 0.717) is 18.1 Å². The van der Waals surface area contributed by atoms with Crippen molar-refractivity contribution in [2.45, 2.75) is 27.3 Å². The van der Waals surface area contributed by atoms with E-state index >= 15 is 0 Å². The number of hydrogen-bond acceptors (Lipinski definition) is 5. The van der Waals surface area contributed by atoms with Crippen LogP contribution in [0.15, 0.2) is 47.3 Å². The summed E-state index contributed by atoms with van der Waals surface area (Å²) < 4.78 is 8.12. The van der Waals surface area contributed by atoms with Crippen molar-refractivity contribution in [1.82, 2.24) is 19.6 Å². The van der Waals surface area contributed by atoms with E-state index in [9.17, 15) is 9.59 Å². The molecule has 1 amide bonds. The van der Waals surface area contributed by atoms with Crippen molar-refractivity contribution in [2.75, 3.05) is 11.9 Å². The van der Waals surface area contributed by atoms with Crippen molar-refractivity contribution in [3.63, 3.8) is 0 Å². The fraction of sp³-hybridized carbons (Fsp3) is 0.263. The van der Waals surface area contributed by atoms with E-state index in [0.717, 1.165) is 21.8 Å². The van der Waals surface area contributed by atoms with Gasteiger partial charge in [-0.05, 0) is 57.2 Å². The zero-order valence-corrected chi connectivity index (χ0v) is 15.5. The lowest BCUT2D eigenvalue weighted by Gasteiger charge is -2.09. The zero-order chi connectivity index (χ0) is 19.4. The molecule has 0 aliphatic heterocycles. The second-order valence-electron chi connectivity index (χ2n) is 6.03. The predicted octanol–water partition coefficient (Wildman–Crippen LogP) is 2.08. The molecule has 3 aromatic rings. The van der Waals surface area contributed by atoms with Gasteiger partial charge in [-0.1, -0.05) is 0 Å². The number of rotatable bonds is 6. The van der Waals surface area contributed by atoms with Crippen LogP contribution in [0.1, 0.15) is 18.3 Å². The number of carbonyl (C=O) groups excluding carboxylic acids is 1. The fourth-order valence-corrected chi connectivity index (χ4v) is 2.66. The maximum absolute atomic E-state index is 12.3. The average Bonchev–Trinajstić information content (AvgIpc) is 2.97. The summed E-state index contributed by atoms with van der Waals surface area (Å²) in [6, 6.07) is 11.9. The zero-order valence-electron chi connectivity index (χ0n) is 15.5. The molecular formula is C19H21N5O3. The third-order valence-corrected chi connectivity index (χ3v) is 3.82. The number of benzene rings is 1. The van der Waals surface area contributed by atoms with Gasteiger partial charge < -0.3 is 10.1 Å². The van der Waals surface area contributed by atoms with Crippen LogP contribution in [0.4, 0.5) is 5.69 Å². The van der Waals surface area contributed by atoms with Crippen molar-refractivity contribution >= 4 is 11.6 Å². The molecule has 1 N–H and O–H groups in total. The lowest BCUT2D eigenvalue weighted by molar-refractivity contribution is -0.117. The number of aromatic nitrogens is 4. The topological polar surface area (TPSA) is 91.0 Å². The maximum Gasteiger partial charge on any atom is 0.267 e. The quantitative estimate of drug-likeness (QED) is 0.720. The van der Waals surface area contributed by atoms with Gasteiger partial charge in [-0.2, -0.15) is 5.10 Å². The highest BCUT2D eigenvalue weighted by atomic mass is 16.5. The highest BCUT2D eigenvalue weighted by Crippen LogP contribution is 2.15. The summed E-state index contributed by atoms with van der Waals surface area (Å²) >= 11 is 0. The summed E-state index contributed by atoms with van der Waals surface area (Å²) in [4.78, 5) is 24.4. The molecule has 0 spiro atoms. The van der Waals surface area contributed by atoms with E-state index in [4.69, 9.17) is 4.74 Å². The number of ether oxygens (including phenoxy) is 1. The first-order valence-electron chi connectivity index (χ1n) is 8.61. The van der Waals surface area contributed by atoms with Gasteiger partial charge in [0.05, 0.1) is 12.3 Å². The summed E-state index contributed by atoms with van der Waals surface area (Å²) in [7, 11) is 0. The van der Waals surface area contributed by atoms with Crippen LogP contribution in [0.5, 0.6) is 5.75 Å². The number of carbonyl (C=O) groups is 1. The van der Waals surface area contributed by atoms with Crippen molar-refractivity contribution in [1.29, 1.82) is 0 Å². The smallest absolute Gasteiger partial charge is 0.267 e. The van der Waals surface area contributed by atoms with Gasteiger partial charge in [0.15, 0.2) is 5.82 Å². The van der Waals surface area contributed by atoms with Crippen LogP contribution < -0.4 is 15.6 Å².